The third-order valence-electron chi connectivity index (χ3n) is 2.00. The maximum Gasteiger partial charge on any atom is 0.122 e. The van der Waals surface area contributed by atoms with Crippen molar-refractivity contribution < 1.29 is 4.74 Å². The summed E-state index contributed by atoms with van der Waals surface area (Å²) in [5, 5.41) is 0. The molecule has 0 radical (unpaired) electrons. The Bertz CT molecular complexity index is 253. The molecular formula is C12H18O. The van der Waals surface area contributed by atoms with Crippen LogP contribution in [0.1, 0.15) is 38.7 Å². The van der Waals surface area contributed by atoms with Crippen LogP contribution in [0.3, 0.4) is 0 Å². The minimum Gasteiger partial charge on any atom is -0.493 e. The Balaban J connectivity index is 2.78. The summed E-state index contributed by atoms with van der Waals surface area (Å²) in [4.78, 5) is 0. The van der Waals surface area contributed by atoms with Gasteiger partial charge in [0.1, 0.15) is 5.75 Å². The highest BCUT2D eigenvalue weighted by Gasteiger charge is 2.05. The second-order valence-electron chi connectivity index (χ2n) is 3.54. The fourth-order valence-corrected chi connectivity index (χ4v) is 1.30. The van der Waals surface area contributed by atoms with E-state index < -0.39 is 0 Å². The fraction of sp³-hybridized carbons (Fsp3) is 0.500. The van der Waals surface area contributed by atoms with Crippen LogP contribution < -0.4 is 4.74 Å². The molecule has 13 heavy (non-hydrogen) atoms. The monoisotopic (exact) mass is 178 g/mol. The zero-order valence-electron chi connectivity index (χ0n) is 8.71. The molecule has 0 aromatic heterocycles. The SMILES string of the molecule is CCCOc1ccccc1C(C)C. The minimum absolute atomic E-state index is 0.535. The van der Waals surface area contributed by atoms with E-state index in [9.17, 15) is 0 Å². The first-order valence-electron chi connectivity index (χ1n) is 4.97. The van der Waals surface area contributed by atoms with E-state index in [4.69, 9.17) is 4.74 Å². The smallest absolute Gasteiger partial charge is 0.122 e. The predicted octanol–water partition coefficient (Wildman–Crippen LogP) is 3.60. The first-order chi connectivity index (χ1) is 6.25. The second kappa shape index (κ2) is 4.90. The van der Waals surface area contributed by atoms with Gasteiger partial charge in [0, 0.05) is 0 Å². The highest BCUT2D eigenvalue weighted by Crippen LogP contribution is 2.25. The average molecular weight is 178 g/mol. The fourth-order valence-electron chi connectivity index (χ4n) is 1.30. The Labute approximate surface area is 80.7 Å². The maximum atomic E-state index is 5.65. The Hall–Kier alpha value is -0.980. The van der Waals surface area contributed by atoms with Crippen molar-refractivity contribution in [2.75, 3.05) is 6.61 Å². The van der Waals surface area contributed by atoms with Crippen LogP contribution in [0.5, 0.6) is 5.75 Å². The van der Waals surface area contributed by atoms with Gasteiger partial charge in [0.2, 0.25) is 0 Å². The van der Waals surface area contributed by atoms with E-state index in [2.05, 4.69) is 32.9 Å². The van der Waals surface area contributed by atoms with Crippen molar-refractivity contribution in [3.05, 3.63) is 29.8 Å². The molecule has 0 fully saturated rings. The third-order valence-corrected chi connectivity index (χ3v) is 2.00. The van der Waals surface area contributed by atoms with Crippen LogP contribution in [0.15, 0.2) is 24.3 Å². The van der Waals surface area contributed by atoms with Crippen molar-refractivity contribution in [2.24, 2.45) is 0 Å². The molecule has 0 N–H and O–H groups in total. The number of para-hydroxylation sites is 1. The van der Waals surface area contributed by atoms with Gasteiger partial charge in [-0.1, -0.05) is 39.0 Å². The molecule has 0 bridgehead atoms. The Morgan fingerprint density at radius 2 is 1.92 bits per heavy atom. The molecule has 0 aliphatic carbocycles. The number of hydrogen-bond acceptors (Lipinski definition) is 1. The van der Waals surface area contributed by atoms with Crippen molar-refractivity contribution in [1.29, 1.82) is 0 Å². The van der Waals surface area contributed by atoms with Crippen molar-refractivity contribution >= 4 is 0 Å². The Kier molecular flexibility index (Phi) is 3.81. The number of hydrogen-bond donors (Lipinski definition) is 0. The lowest BCUT2D eigenvalue weighted by molar-refractivity contribution is 0.313. The van der Waals surface area contributed by atoms with Crippen molar-refractivity contribution in [2.45, 2.75) is 33.1 Å². The molecule has 0 saturated heterocycles. The molecular weight excluding hydrogens is 160 g/mol. The van der Waals surface area contributed by atoms with Gasteiger partial charge in [-0.15, -0.1) is 0 Å². The highest BCUT2D eigenvalue weighted by molar-refractivity contribution is 5.35. The van der Waals surface area contributed by atoms with Gasteiger partial charge in [0.25, 0.3) is 0 Å². The summed E-state index contributed by atoms with van der Waals surface area (Å²) < 4.78 is 5.65. The third kappa shape index (κ3) is 2.76. The lowest BCUT2D eigenvalue weighted by Crippen LogP contribution is -1.99. The van der Waals surface area contributed by atoms with Crippen LogP contribution in [-0.4, -0.2) is 6.61 Å². The van der Waals surface area contributed by atoms with Gasteiger partial charge in [-0.25, -0.2) is 0 Å². The molecule has 0 atom stereocenters. The molecule has 1 heteroatoms. The van der Waals surface area contributed by atoms with E-state index >= 15 is 0 Å². The van der Waals surface area contributed by atoms with Crippen LogP contribution in [0.4, 0.5) is 0 Å². The van der Waals surface area contributed by atoms with Gasteiger partial charge in [-0.05, 0) is 24.0 Å². The molecule has 0 aliphatic rings. The van der Waals surface area contributed by atoms with Crippen LogP contribution in [0.25, 0.3) is 0 Å². The van der Waals surface area contributed by atoms with E-state index in [1.807, 2.05) is 12.1 Å². The van der Waals surface area contributed by atoms with E-state index in [1.54, 1.807) is 0 Å². The van der Waals surface area contributed by atoms with Crippen molar-refractivity contribution in [3.8, 4) is 5.75 Å². The number of rotatable bonds is 4. The first-order valence-corrected chi connectivity index (χ1v) is 4.97. The second-order valence-corrected chi connectivity index (χ2v) is 3.54. The summed E-state index contributed by atoms with van der Waals surface area (Å²) in [5.74, 6) is 1.58. The summed E-state index contributed by atoms with van der Waals surface area (Å²) >= 11 is 0. The largest absolute Gasteiger partial charge is 0.493 e. The van der Waals surface area contributed by atoms with Gasteiger partial charge < -0.3 is 4.74 Å². The topological polar surface area (TPSA) is 9.23 Å². The standard InChI is InChI=1S/C12H18O/c1-4-9-13-12-8-6-5-7-11(12)10(2)3/h5-8,10H,4,9H2,1-3H3. The molecule has 1 rings (SSSR count). The Morgan fingerprint density at radius 1 is 1.23 bits per heavy atom. The lowest BCUT2D eigenvalue weighted by atomic mass is 10.0. The zero-order chi connectivity index (χ0) is 9.68. The van der Waals surface area contributed by atoms with E-state index in [0.29, 0.717) is 5.92 Å². The molecule has 0 heterocycles. The number of benzene rings is 1. The van der Waals surface area contributed by atoms with Crippen LogP contribution in [-0.2, 0) is 0 Å². The summed E-state index contributed by atoms with van der Waals surface area (Å²) in [6.07, 6.45) is 1.06. The summed E-state index contributed by atoms with van der Waals surface area (Å²) in [6.45, 7) is 7.31. The molecule has 0 unspecified atom stereocenters. The molecule has 1 aromatic carbocycles. The van der Waals surface area contributed by atoms with Crippen molar-refractivity contribution in [1.82, 2.24) is 0 Å². The quantitative estimate of drug-likeness (QED) is 0.684. The molecule has 72 valence electrons. The summed E-state index contributed by atoms with van der Waals surface area (Å²) in [5.41, 5.74) is 1.30. The van der Waals surface area contributed by atoms with Crippen LogP contribution in [0.2, 0.25) is 0 Å². The highest BCUT2D eigenvalue weighted by atomic mass is 16.5. The molecule has 0 saturated carbocycles. The summed E-state index contributed by atoms with van der Waals surface area (Å²) in [6, 6.07) is 8.27. The molecule has 1 nitrogen and oxygen atoms in total. The predicted molar refractivity (Wildman–Crippen MR) is 56.3 cm³/mol. The van der Waals surface area contributed by atoms with E-state index in [0.717, 1.165) is 18.8 Å². The minimum atomic E-state index is 0.535. The zero-order valence-corrected chi connectivity index (χ0v) is 8.71. The molecule has 1 aromatic rings. The molecule has 0 amide bonds. The van der Waals surface area contributed by atoms with Gasteiger partial charge in [-0.2, -0.15) is 0 Å². The van der Waals surface area contributed by atoms with Crippen LogP contribution in [0, 0.1) is 0 Å². The molecule has 0 spiro atoms. The average Bonchev–Trinajstić information content (AvgIpc) is 2.15. The first kappa shape index (κ1) is 10.1. The van der Waals surface area contributed by atoms with Gasteiger partial charge in [-0.3, -0.25) is 0 Å². The molecule has 0 aliphatic heterocycles. The lowest BCUT2D eigenvalue weighted by Gasteiger charge is -2.12. The summed E-state index contributed by atoms with van der Waals surface area (Å²) in [7, 11) is 0. The maximum absolute atomic E-state index is 5.65. The number of ether oxygens (including phenoxy) is 1. The van der Waals surface area contributed by atoms with Crippen LogP contribution >= 0.6 is 0 Å². The van der Waals surface area contributed by atoms with E-state index in [1.165, 1.54) is 5.56 Å². The normalized spacial score (nSPS) is 10.5. The van der Waals surface area contributed by atoms with Gasteiger partial charge in [0.05, 0.1) is 6.61 Å². The van der Waals surface area contributed by atoms with Crippen molar-refractivity contribution in [3.63, 3.8) is 0 Å². The van der Waals surface area contributed by atoms with Gasteiger partial charge in [0.15, 0.2) is 0 Å². The Morgan fingerprint density at radius 3 is 2.54 bits per heavy atom. The van der Waals surface area contributed by atoms with Gasteiger partial charge >= 0.3 is 0 Å². The van der Waals surface area contributed by atoms with E-state index in [-0.39, 0.29) is 0 Å².